The fourth-order valence-electron chi connectivity index (χ4n) is 8.05. The third kappa shape index (κ3) is 4.42. The van der Waals surface area contributed by atoms with E-state index in [2.05, 4.69) is 192 Å². The van der Waals surface area contributed by atoms with Gasteiger partial charge in [0.15, 0.2) is 0 Å². The van der Waals surface area contributed by atoms with Crippen LogP contribution in [0.5, 0.6) is 0 Å². The van der Waals surface area contributed by atoms with E-state index in [9.17, 15) is 0 Å². The molecule has 0 fully saturated rings. The Morgan fingerprint density at radius 2 is 0.837 bits per heavy atom. The second-order valence-corrected chi connectivity index (χ2v) is 12.9. The highest BCUT2D eigenvalue weighted by Crippen LogP contribution is 2.54. The van der Waals surface area contributed by atoms with Crippen molar-refractivity contribution in [2.45, 2.75) is 6.42 Å². The third-order valence-corrected chi connectivity index (χ3v) is 10.2. The first-order chi connectivity index (χ1) is 24.3. The minimum Gasteiger partial charge on any atom is -0.310 e. The number of benzene rings is 8. The van der Waals surface area contributed by atoms with E-state index in [4.69, 9.17) is 0 Å². The van der Waals surface area contributed by atoms with E-state index in [1.807, 2.05) is 0 Å². The average Bonchev–Trinajstić information content (AvgIpc) is 3.70. The van der Waals surface area contributed by atoms with Crippen molar-refractivity contribution in [3.8, 4) is 33.4 Å². The van der Waals surface area contributed by atoms with Gasteiger partial charge in [0.25, 0.3) is 0 Å². The quantitative estimate of drug-likeness (QED) is 0.182. The van der Waals surface area contributed by atoms with Crippen molar-refractivity contribution in [3.05, 3.63) is 193 Å². The van der Waals surface area contributed by atoms with Gasteiger partial charge in [-0.15, -0.1) is 0 Å². The summed E-state index contributed by atoms with van der Waals surface area (Å²) in [6.45, 7) is 0. The van der Waals surface area contributed by atoms with Crippen LogP contribution in [0.3, 0.4) is 0 Å². The Hall–Kier alpha value is -6.38. The number of hydrogen-bond donors (Lipinski definition) is 0. The van der Waals surface area contributed by atoms with Gasteiger partial charge in [-0.05, 0) is 123 Å². The lowest BCUT2D eigenvalue weighted by atomic mass is 9.99. The molecule has 0 N–H and O–H groups in total. The maximum absolute atomic E-state index is 2.45. The van der Waals surface area contributed by atoms with E-state index in [0.29, 0.717) is 0 Å². The summed E-state index contributed by atoms with van der Waals surface area (Å²) < 4.78 is 0. The van der Waals surface area contributed by atoms with Crippen LogP contribution in [0.1, 0.15) is 11.1 Å². The molecule has 0 bridgehead atoms. The maximum atomic E-state index is 2.45. The van der Waals surface area contributed by atoms with Crippen LogP contribution < -0.4 is 9.80 Å². The van der Waals surface area contributed by atoms with Gasteiger partial charge < -0.3 is 9.80 Å². The lowest BCUT2D eigenvalue weighted by molar-refractivity contribution is 1.22. The van der Waals surface area contributed by atoms with E-state index in [0.717, 1.165) is 23.5 Å². The van der Waals surface area contributed by atoms with Gasteiger partial charge in [0, 0.05) is 34.0 Å². The first kappa shape index (κ1) is 27.7. The number of fused-ring (bicyclic) bond motifs is 6. The highest BCUT2D eigenvalue weighted by atomic mass is 15.1. The number of anilines is 6. The van der Waals surface area contributed by atoms with Crippen molar-refractivity contribution in [2.75, 3.05) is 9.80 Å². The summed E-state index contributed by atoms with van der Waals surface area (Å²) in [6, 6.07) is 66.3. The van der Waals surface area contributed by atoms with Crippen molar-refractivity contribution < 1.29 is 0 Å². The molecule has 0 atom stereocenters. The Bertz CT molecular complexity index is 2480. The van der Waals surface area contributed by atoms with E-state index < -0.39 is 0 Å². The second-order valence-electron chi connectivity index (χ2n) is 12.9. The molecular formula is C47H32N2. The van der Waals surface area contributed by atoms with Gasteiger partial charge >= 0.3 is 0 Å². The minimum atomic E-state index is 0.893. The molecule has 0 aliphatic heterocycles. The number of para-hydroxylation sites is 3. The van der Waals surface area contributed by atoms with E-state index in [1.54, 1.807) is 0 Å². The molecule has 8 aromatic rings. The zero-order valence-electron chi connectivity index (χ0n) is 26.9. The fraction of sp³-hybridized carbons (Fsp3) is 0.0213. The van der Waals surface area contributed by atoms with Gasteiger partial charge in [0.1, 0.15) is 0 Å². The predicted octanol–water partition coefficient (Wildman–Crippen LogP) is 13.0. The van der Waals surface area contributed by atoms with Crippen LogP contribution in [0, 0.1) is 0 Å². The van der Waals surface area contributed by atoms with E-state index >= 15 is 0 Å². The number of hydrogen-bond acceptors (Lipinski definition) is 2. The van der Waals surface area contributed by atoms with Crippen molar-refractivity contribution in [3.63, 3.8) is 0 Å². The van der Waals surface area contributed by atoms with Crippen LogP contribution in [-0.2, 0) is 6.42 Å². The Labute approximate surface area is 286 Å². The minimum absolute atomic E-state index is 0.893. The molecule has 0 unspecified atom stereocenters. The average molecular weight is 625 g/mol. The molecule has 8 aromatic carbocycles. The molecule has 10 rings (SSSR count). The SMILES string of the molecule is c1ccc(N(c2ccccc2)c2ccc3c(c2)Cc2cc(N(c4ccccc4)c4ccc5cccc6c5c4-c4ccccc4-6)ccc2-3)cc1. The van der Waals surface area contributed by atoms with Gasteiger partial charge in [-0.1, -0.05) is 115 Å². The van der Waals surface area contributed by atoms with Crippen molar-refractivity contribution in [1.82, 2.24) is 0 Å². The Morgan fingerprint density at radius 1 is 0.327 bits per heavy atom. The highest BCUT2D eigenvalue weighted by Gasteiger charge is 2.28. The van der Waals surface area contributed by atoms with Crippen molar-refractivity contribution in [1.29, 1.82) is 0 Å². The van der Waals surface area contributed by atoms with Crippen molar-refractivity contribution >= 4 is 44.9 Å². The molecule has 2 heteroatoms. The van der Waals surface area contributed by atoms with Gasteiger partial charge in [-0.25, -0.2) is 0 Å². The molecule has 0 saturated heterocycles. The van der Waals surface area contributed by atoms with Crippen LogP contribution in [0.2, 0.25) is 0 Å². The summed E-state index contributed by atoms with van der Waals surface area (Å²) >= 11 is 0. The molecule has 0 amide bonds. The Morgan fingerprint density at radius 3 is 1.45 bits per heavy atom. The molecule has 230 valence electrons. The summed E-state index contributed by atoms with van der Waals surface area (Å²) in [5.41, 5.74) is 17.6. The molecule has 0 radical (unpaired) electrons. The Kier molecular flexibility index (Phi) is 6.28. The van der Waals surface area contributed by atoms with Crippen LogP contribution in [0.15, 0.2) is 182 Å². The summed E-state index contributed by atoms with van der Waals surface area (Å²) in [6.07, 6.45) is 0.893. The lowest BCUT2D eigenvalue weighted by Crippen LogP contribution is -2.11. The molecule has 0 heterocycles. The fourth-order valence-corrected chi connectivity index (χ4v) is 8.05. The topological polar surface area (TPSA) is 6.48 Å². The zero-order chi connectivity index (χ0) is 32.3. The first-order valence-electron chi connectivity index (χ1n) is 17.0. The molecule has 0 saturated carbocycles. The van der Waals surface area contributed by atoms with Crippen molar-refractivity contribution in [2.24, 2.45) is 0 Å². The highest BCUT2D eigenvalue weighted by molar-refractivity contribution is 6.19. The zero-order valence-corrected chi connectivity index (χ0v) is 26.9. The third-order valence-electron chi connectivity index (χ3n) is 10.2. The lowest BCUT2D eigenvalue weighted by Gasteiger charge is -2.28. The number of rotatable bonds is 6. The standard InChI is InChI=1S/C47H32N2/c1-4-14-35(15-5-1)48(36-16-6-2-7-17-36)38-24-26-40-33(30-38)29-34-31-39(25-27-41(34)40)49(37-18-8-3-9-19-37)45-28-23-32-13-12-22-43-42-20-10-11-21-44(42)47(45)46(32)43/h1-28,30-31H,29H2. The van der Waals surface area contributed by atoms with Gasteiger partial charge in [0.05, 0.1) is 5.69 Å². The Balaban J connectivity index is 1.09. The van der Waals surface area contributed by atoms with Crippen LogP contribution in [0.4, 0.5) is 34.1 Å². The summed E-state index contributed by atoms with van der Waals surface area (Å²) in [7, 11) is 0. The maximum Gasteiger partial charge on any atom is 0.0546 e. The summed E-state index contributed by atoms with van der Waals surface area (Å²) in [5, 5.41) is 2.62. The second kappa shape index (κ2) is 11.1. The van der Waals surface area contributed by atoms with E-state index in [1.165, 1.54) is 72.3 Å². The molecule has 2 nitrogen and oxygen atoms in total. The predicted molar refractivity (Wildman–Crippen MR) is 206 cm³/mol. The smallest absolute Gasteiger partial charge is 0.0546 e. The van der Waals surface area contributed by atoms with Gasteiger partial charge in [-0.2, -0.15) is 0 Å². The van der Waals surface area contributed by atoms with E-state index in [-0.39, 0.29) is 0 Å². The molecule has 0 aromatic heterocycles. The monoisotopic (exact) mass is 624 g/mol. The molecular weight excluding hydrogens is 593 g/mol. The summed E-state index contributed by atoms with van der Waals surface area (Å²) in [4.78, 5) is 4.80. The summed E-state index contributed by atoms with van der Waals surface area (Å²) in [5.74, 6) is 0. The van der Waals surface area contributed by atoms with Crippen LogP contribution >= 0.6 is 0 Å². The molecule has 0 spiro atoms. The molecule has 2 aliphatic rings. The van der Waals surface area contributed by atoms with Gasteiger partial charge in [-0.3, -0.25) is 0 Å². The molecule has 2 aliphatic carbocycles. The number of nitrogens with zero attached hydrogens (tertiary/aromatic N) is 2. The van der Waals surface area contributed by atoms with Crippen LogP contribution in [-0.4, -0.2) is 0 Å². The van der Waals surface area contributed by atoms with Gasteiger partial charge in [0.2, 0.25) is 0 Å². The largest absolute Gasteiger partial charge is 0.310 e. The normalized spacial score (nSPS) is 12.0. The molecule has 49 heavy (non-hydrogen) atoms. The van der Waals surface area contributed by atoms with Crippen LogP contribution in [0.25, 0.3) is 44.2 Å². The first-order valence-corrected chi connectivity index (χ1v) is 17.0.